The van der Waals surface area contributed by atoms with E-state index in [0.717, 1.165) is 25.0 Å². The first-order valence-corrected chi connectivity index (χ1v) is 8.23. The quantitative estimate of drug-likeness (QED) is 0.734. The highest BCUT2D eigenvalue weighted by Crippen LogP contribution is 2.29. The van der Waals surface area contributed by atoms with E-state index in [2.05, 4.69) is 49.4 Å². The SMILES string of the molecule is COc1cccc(C2=CC(=N[C@H](C)c3ccccc3)CCC2)c1. The third-order valence-corrected chi connectivity index (χ3v) is 4.30. The number of rotatable bonds is 4. The number of nitrogens with zero attached hydrogens (tertiary/aromatic N) is 1. The minimum atomic E-state index is 0.201. The predicted octanol–water partition coefficient (Wildman–Crippen LogP) is 5.46. The van der Waals surface area contributed by atoms with E-state index in [1.807, 2.05) is 18.2 Å². The first-order chi connectivity index (χ1) is 11.3. The number of benzene rings is 2. The Kier molecular flexibility index (Phi) is 4.92. The van der Waals surface area contributed by atoms with Crippen molar-refractivity contribution < 1.29 is 4.74 Å². The zero-order valence-corrected chi connectivity index (χ0v) is 13.8. The first kappa shape index (κ1) is 15.5. The minimum absolute atomic E-state index is 0.201. The minimum Gasteiger partial charge on any atom is -0.497 e. The Morgan fingerprint density at radius 1 is 1.00 bits per heavy atom. The van der Waals surface area contributed by atoms with Crippen LogP contribution >= 0.6 is 0 Å². The van der Waals surface area contributed by atoms with Crippen LogP contribution < -0.4 is 4.74 Å². The maximum absolute atomic E-state index is 5.34. The molecule has 0 bridgehead atoms. The van der Waals surface area contributed by atoms with E-state index in [-0.39, 0.29) is 6.04 Å². The Morgan fingerprint density at radius 2 is 1.83 bits per heavy atom. The van der Waals surface area contributed by atoms with E-state index in [0.29, 0.717) is 0 Å². The molecule has 2 aromatic rings. The molecule has 2 heteroatoms. The summed E-state index contributed by atoms with van der Waals surface area (Å²) < 4.78 is 5.34. The van der Waals surface area contributed by atoms with Gasteiger partial charge in [0.1, 0.15) is 5.75 Å². The summed E-state index contributed by atoms with van der Waals surface area (Å²) in [6.07, 6.45) is 5.58. The van der Waals surface area contributed by atoms with Gasteiger partial charge in [-0.15, -0.1) is 0 Å². The maximum Gasteiger partial charge on any atom is 0.119 e. The fourth-order valence-electron chi connectivity index (χ4n) is 3.01. The van der Waals surface area contributed by atoms with Crippen LogP contribution in [0.2, 0.25) is 0 Å². The molecule has 0 aliphatic heterocycles. The molecule has 0 amide bonds. The smallest absolute Gasteiger partial charge is 0.119 e. The van der Waals surface area contributed by atoms with Gasteiger partial charge in [0.2, 0.25) is 0 Å². The number of methoxy groups -OCH3 is 1. The second-order valence-electron chi connectivity index (χ2n) is 5.96. The van der Waals surface area contributed by atoms with Gasteiger partial charge >= 0.3 is 0 Å². The van der Waals surface area contributed by atoms with Crippen molar-refractivity contribution in [3.63, 3.8) is 0 Å². The number of ether oxygens (including phenoxy) is 1. The summed E-state index contributed by atoms with van der Waals surface area (Å²) in [7, 11) is 1.71. The van der Waals surface area contributed by atoms with Gasteiger partial charge in [0.05, 0.1) is 13.2 Å². The highest BCUT2D eigenvalue weighted by molar-refractivity contribution is 6.02. The monoisotopic (exact) mass is 305 g/mol. The number of hydrogen-bond acceptors (Lipinski definition) is 2. The molecule has 0 fully saturated rings. The van der Waals surface area contributed by atoms with Crippen LogP contribution in [0, 0.1) is 0 Å². The van der Waals surface area contributed by atoms with E-state index in [9.17, 15) is 0 Å². The third-order valence-electron chi connectivity index (χ3n) is 4.30. The van der Waals surface area contributed by atoms with Crippen molar-refractivity contribution in [2.24, 2.45) is 4.99 Å². The topological polar surface area (TPSA) is 21.6 Å². The summed E-state index contributed by atoms with van der Waals surface area (Å²) in [6.45, 7) is 2.16. The van der Waals surface area contributed by atoms with Crippen molar-refractivity contribution in [3.8, 4) is 5.75 Å². The molecule has 1 aliphatic rings. The molecular weight excluding hydrogens is 282 g/mol. The molecule has 23 heavy (non-hydrogen) atoms. The number of allylic oxidation sites excluding steroid dienone is 2. The zero-order chi connectivity index (χ0) is 16.1. The lowest BCUT2D eigenvalue weighted by Crippen LogP contribution is -2.05. The van der Waals surface area contributed by atoms with Crippen LogP contribution in [-0.2, 0) is 0 Å². The van der Waals surface area contributed by atoms with E-state index < -0.39 is 0 Å². The fourth-order valence-corrected chi connectivity index (χ4v) is 3.01. The van der Waals surface area contributed by atoms with E-state index in [4.69, 9.17) is 9.73 Å². The van der Waals surface area contributed by atoms with Gasteiger partial charge in [-0.3, -0.25) is 4.99 Å². The van der Waals surface area contributed by atoms with Crippen LogP contribution in [0.4, 0.5) is 0 Å². The molecule has 0 heterocycles. The van der Waals surface area contributed by atoms with Gasteiger partial charge < -0.3 is 4.74 Å². The molecular formula is C21H23NO. The van der Waals surface area contributed by atoms with Crippen molar-refractivity contribution in [1.29, 1.82) is 0 Å². The standard InChI is InChI=1S/C21H23NO/c1-16(17-8-4-3-5-9-17)22-20-12-6-10-18(14-20)19-11-7-13-21(15-19)23-2/h3-5,7-9,11,13-16H,6,10,12H2,1-2H3/t16-/m1/s1. The summed E-state index contributed by atoms with van der Waals surface area (Å²) in [6, 6.07) is 19.0. The fraction of sp³-hybridized carbons (Fsp3) is 0.286. The predicted molar refractivity (Wildman–Crippen MR) is 97.1 cm³/mol. The lowest BCUT2D eigenvalue weighted by Gasteiger charge is -2.17. The summed E-state index contributed by atoms with van der Waals surface area (Å²) in [4.78, 5) is 4.93. The lowest BCUT2D eigenvalue weighted by atomic mass is 9.92. The molecule has 118 valence electrons. The maximum atomic E-state index is 5.34. The van der Waals surface area contributed by atoms with Gasteiger partial charge in [0.15, 0.2) is 0 Å². The van der Waals surface area contributed by atoms with Crippen LogP contribution in [0.15, 0.2) is 65.7 Å². The molecule has 0 saturated carbocycles. The lowest BCUT2D eigenvalue weighted by molar-refractivity contribution is 0.414. The Hall–Kier alpha value is -2.35. The third kappa shape index (κ3) is 3.89. The molecule has 2 nitrogen and oxygen atoms in total. The van der Waals surface area contributed by atoms with Crippen LogP contribution in [0.5, 0.6) is 5.75 Å². The van der Waals surface area contributed by atoms with Crippen molar-refractivity contribution in [2.45, 2.75) is 32.2 Å². The van der Waals surface area contributed by atoms with Crippen molar-refractivity contribution in [1.82, 2.24) is 0 Å². The summed E-state index contributed by atoms with van der Waals surface area (Å²) in [5.74, 6) is 0.908. The van der Waals surface area contributed by atoms with Crippen molar-refractivity contribution in [3.05, 3.63) is 71.8 Å². The molecule has 1 atom stereocenters. The Bertz CT molecular complexity index is 716. The molecule has 0 aromatic heterocycles. The van der Waals surface area contributed by atoms with E-state index in [1.165, 1.54) is 22.4 Å². The van der Waals surface area contributed by atoms with Gasteiger partial charge in [0.25, 0.3) is 0 Å². The summed E-state index contributed by atoms with van der Waals surface area (Å²) in [5, 5.41) is 0. The average molecular weight is 305 g/mol. The molecule has 0 radical (unpaired) electrons. The van der Waals surface area contributed by atoms with E-state index in [1.54, 1.807) is 7.11 Å². The van der Waals surface area contributed by atoms with Crippen LogP contribution in [0.1, 0.15) is 43.4 Å². The van der Waals surface area contributed by atoms with Gasteiger partial charge in [-0.2, -0.15) is 0 Å². The van der Waals surface area contributed by atoms with Crippen LogP contribution in [0.25, 0.3) is 5.57 Å². The molecule has 2 aromatic carbocycles. The number of aliphatic imine (C=N–C) groups is 1. The van der Waals surface area contributed by atoms with Crippen LogP contribution in [-0.4, -0.2) is 12.8 Å². The molecule has 0 spiro atoms. The van der Waals surface area contributed by atoms with Gasteiger partial charge in [-0.1, -0.05) is 42.5 Å². The molecule has 3 rings (SSSR count). The normalized spacial score (nSPS) is 17.7. The molecule has 1 aliphatic carbocycles. The molecule has 0 N–H and O–H groups in total. The second-order valence-corrected chi connectivity index (χ2v) is 5.96. The van der Waals surface area contributed by atoms with Crippen molar-refractivity contribution >= 4 is 11.3 Å². The molecule has 0 unspecified atom stereocenters. The van der Waals surface area contributed by atoms with Gasteiger partial charge in [0, 0.05) is 5.71 Å². The van der Waals surface area contributed by atoms with Gasteiger partial charge in [-0.05, 0) is 61.1 Å². The Labute approximate surface area is 138 Å². The average Bonchev–Trinajstić information content (AvgIpc) is 2.63. The highest BCUT2D eigenvalue weighted by Gasteiger charge is 2.12. The number of hydrogen-bond donors (Lipinski definition) is 0. The summed E-state index contributed by atoms with van der Waals surface area (Å²) >= 11 is 0. The zero-order valence-electron chi connectivity index (χ0n) is 13.8. The van der Waals surface area contributed by atoms with Crippen molar-refractivity contribution in [2.75, 3.05) is 7.11 Å². The summed E-state index contributed by atoms with van der Waals surface area (Å²) in [5.41, 5.74) is 5.06. The largest absolute Gasteiger partial charge is 0.497 e. The Morgan fingerprint density at radius 3 is 2.61 bits per heavy atom. The van der Waals surface area contributed by atoms with E-state index >= 15 is 0 Å². The van der Waals surface area contributed by atoms with Gasteiger partial charge in [-0.25, -0.2) is 0 Å². The highest BCUT2D eigenvalue weighted by atomic mass is 16.5. The first-order valence-electron chi connectivity index (χ1n) is 8.23. The second kappa shape index (κ2) is 7.28. The van der Waals surface area contributed by atoms with Crippen LogP contribution in [0.3, 0.4) is 0 Å². The molecule has 0 saturated heterocycles. The Balaban J connectivity index is 1.85.